The van der Waals surface area contributed by atoms with Crippen LogP contribution in [0.4, 0.5) is 4.79 Å². The number of ether oxygens (including phenoxy) is 1. The second kappa shape index (κ2) is 8.08. The third-order valence-corrected chi connectivity index (χ3v) is 4.60. The van der Waals surface area contributed by atoms with Crippen LogP contribution in [0.2, 0.25) is 0 Å². The molecule has 1 N–H and O–H groups in total. The van der Waals surface area contributed by atoms with Gasteiger partial charge in [-0.1, -0.05) is 29.8 Å². The molecule has 0 radical (unpaired) electrons. The maximum atomic E-state index is 12.8. The maximum absolute atomic E-state index is 12.8. The number of urea groups is 1. The van der Waals surface area contributed by atoms with Crippen LogP contribution in [-0.4, -0.2) is 41.2 Å². The molecule has 0 spiro atoms. The highest BCUT2D eigenvalue weighted by atomic mass is 16.5. The van der Waals surface area contributed by atoms with Crippen LogP contribution in [0.3, 0.4) is 0 Å². The van der Waals surface area contributed by atoms with Crippen molar-refractivity contribution in [1.82, 2.24) is 14.8 Å². The summed E-state index contributed by atoms with van der Waals surface area (Å²) in [6.45, 7) is 5.82. The summed E-state index contributed by atoms with van der Waals surface area (Å²) in [6, 6.07) is 12.0. The topological polar surface area (TPSA) is 63.6 Å². The van der Waals surface area contributed by atoms with Crippen molar-refractivity contribution in [2.75, 3.05) is 19.7 Å². The molecule has 0 unspecified atom stereocenters. The van der Waals surface area contributed by atoms with E-state index in [1.165, 1.54) is 5.56 Å². The molecule has 0 fully saturated rings. The minimum absolute atomic E-state index is 0.137. The largest absolute Gasteiger partial charge is 0.466 e. The molecule has 1 aromatic heterocycles. The third-order valence-electron chi connectivity index (χ3n) is 4.60. The van der Waals surface area contributed by atoms with E-state index in [9.17, 15) is 9.59 Å². The van der Waals surface area contributed by atoms with Crippen LogP contribution in [0.1, 0.15) is 36.2 Å². The van der Waals surface area contributed by atoms with E-state index in [1.54, 1.807) is 6.92 Å². The lowest BCUT2D eigenvalue weighted by molar-refractivity contribution is -0.142. The van der Waals surface area contributed by atoms with E-state index in [1.807, 2.05) is 24.1 Å². The molecule has 0 bridgehead atoms. The Kier molecular flexibility index (Phi) is 5.61. The van der Waals surface area contributed by atoms with Gasteiger partial charge in [0.2, 0.25) is 0 Å². The molecule has 1 aliphatic rings. The molecule has 0 saturated heterocycles. The van der Waals surface area contributed by atoms with Crippen molar-refractivity contribution in [3.8, 4) is 0 Å². The first-order valence-electron chi connectivity index (χ1n) is 9.02. The zero-order valence-electron chi connectivity index (χ0n) is 15.3. The molecule has 2 aromatic rings. The van der Waals surface area contributed by atoms with Crippen molar-refractivity contribution in [2.45, 2.75) is 32.9 Å². The van der Waals surface area contributed by atoms with Crippen LogP contribution >= 0.6 is 0 Å². The number of hydrogen-bond donors (Lipinski definition) is 1. The fraction of sp³-hybridized carbons (Fsp3) is 0.400. The fourth-order valence-corrected chi connectivity index (χ4v) is 3.31. The molecule has 6 heteroatoms. The number of rotatable bonds is 5. The molecule has 0 saturated carbocycles. The molecular formula is C20H25N3O3. The lowest BCUT2D eigenvalue weighted by atomic mass is 9.99. The SMILES string of the molecule is CCOC(=O)CCNC(=O)N1CCn2cccc2[C@H]1c1ccc(C)cc1. The molecule has 1 aromatic carbocycles. The number of benzene rings is 1. The Hall–Kier alpha value is -2.76. The van der Waals surface area contributed by atoms with E-state index >= 15 is 0 Å². The monoisotopic (exact) mass is 355 g/mol. The van der Waals surface area contributed by atoms with Gasteiger partial charge in [-0.05, 0) is 31.5 Å². The summed E-state index contributed by atoms with van der Waals surface area (Å²) < 4.78 is 7.09. The Morgan fingerprint density at radius 1 is 1.19 bits per heavy atom. The van der Waals surface area contributed by atoms with Gasteiger partial charge in [0.15, 0.2) is 0 Å². The van der Waals surface area contributed by atoms with Crippen LogP contribution in [0.25, 0.3) is 0 Å². The van der Waals surface area contributed by atoms with Crippen LogP contribution in [0.5, 0.6) is 0 Å². The van der Waals surface area contributed by atoms with Crippen LogP contribution < -0.4 is 5.32 Å². The van der Waals surface area contributed by atoms with Gasteiger partial charge in [0.25, 0.3) is 0 Å². The molecule has 2 heterocycles. The molecule has 3 rings (SSSR count). The second-order valence-corrected chi connectivity index (χ2v) is 6.42. The van der Waals surface area contributed by atoms with Gasteiger partial charge in [0, 0.05) is 31.5 Å². The standard InChI is InChI=1S/C20H25N3O3/c1-3-26-18(24)10-11-21-20(25)23-14-13-22-12-4-5-17(22)19(23)16-8-6-15(2)7-9-16/h4-9,12,19H,3,10-11,13-14H2,1-2H3,(H,21,25)/t19-/m1/s1. The minimum Gasteiger partial charge on any atom is -0.466 e. The van der Waals surface area contributed by atoms with E-state index in [0.717, 1.165) is 17.8 Å². The highest BCUT2D eigenvalue weighted by Gasteiger charge is 2.32. The van der Waals surface area contributed by atoms with Crippen molar-refractivity contribution in [1.29, 1.82) is 0 Å². The molecule has 138 valence electrons. The first-order valence-corrected chi connectivity index (χ1v) is 9.02. The first-order chi connectivity index (χ1) is 12.6. The highest BCUT2D eigenvalue weighted by Crippen LogP contribution is 2.32. The molecule has 1 aliphatic heterocycles. The van der Waals surface area contributed by atoms with Gasteiger partial charge in [-0.2, -0.15) is 0 Å². The Morgan fingerprint density at radius 2 is 1.96 bits per heavy atom. The summed E-state index contributed by atoms with van der Waals surface area (Å²) in [5.41, 5.74) is 3.36. The van der Waals surface area contributed by atoms with E-state index in [4.69, 9.17) is 4.74 Å². The number of esters is 1. The predicted octanol–water partition coefficient (Wildman–Crippen LogP) is 2.86. The number of aromatic nitrogens is 1. The van der Waals surface area contributed by atoms with Crippen LogP contribution in [0.15, 0.2) is 42.6 Å². The summed E-state index contributed by atoms with van der Waals surface area (Å²) in [7, 11) is 0. The van der Waals surface area contributed by atoms with Gasteiger partial charge in [-0.25, -0.2) is 4.79 Å². The summed E-state index contributed by atoms with van der Waals surface area (Å²) >= 11 is 0. The van der Waals surface area contributed by atoms with Crippen molar-refractivity contribution < 1.29 is 14.3 Å². The van der Waals surface area contributed by atoms with E-state index < -0.39 is 0 Å². The van der Waals surface area contributed by atoms with Crippen molar-refractivity contribution in [3.05, 3.63) is 59.4 Å². The minimum atomic E-state index is -0.296. The van der Waals surface area contributed by atoms with E-state index in [-0.39, 0.29) is 31.0 Å². The summed E-state index contributed by atoms with van der Waals surface area (Å²) in [5, 5.41) is 2.85. The van der Waals surface area contributed by atoms with Crippen LogP contribution in [-0.2, 0) is 16.1 Å². The zero-order chi connectivity index (χ0) is 18.5. The molecular weight excluding hydrogens is 330 g/mol. The van der Waals surface area contributed by atoms with Gasteiger partial charge in [-0.3, -0.25) is 4.79 Å². The molecule has 26 heavy (non-hydrogen) atoms. The van der Waals surface area contributed by atoms with E-state index in [0.29, 0.717) is 13.2 Å². The Bertz CT molecular complexity index is 767. The number of nitrogens with one attached hydrogen (secondary N) is 1. The molecule has 1 atom stereocenters. The van der Waals surface area contributed by atoms with Gasteiger partial charge in [0.1, 0.15) is 0 Å². The Labute approximate surface area is 153 Å². The number of hydrogen-bond acceptors (Lipinski definition) is 3. The van der Waals surface area contributed by atoms with E-state index in [2.05, 4.69) is 40.2 Å². The van der Waals surface area contributed by atoms with Crippen molar-refractivity contribution in [2.24, 2.45) is 0 Å². The third kappa shape index (κ3) is 3.90. The van der Waals surface area contributed by atoms with Gasteiger partial charge in [0.05, 0.1) is 19.1 Å². The quantitative estimate of drug-likeness (QED) is 0.839. The Balaban J connectivity index is 1.75. The van der Waals surface area contributed by atoms with Gasteiger partial charge >= 0.3 is 12.0 Å². The highest BCUT2D eigenvalue weighted by molar-refractivity contribution is 5.76. The average molecular weight is 355 g/mol. The van der Waals surface area contributed by atoms with Gasteiger partial charge in [-0.15, -0.1) is 0 Å². The number of nitrogens with zero attached hydrogens (tertiary/aromatic N) is 2. The lowest BCUT2D eigenvalue weighted by Crippen LogP contribution is -2.47. The predicted molar refractivity (Wildman–Crippen MR) is 98.8 cm³/mol. The summed E-state index contributed by atoms with van der Waals surface area (Å²) in [4.78, 5) is 26.1. The number of carbonyl (C=O) groups excluding carboxylic acids is 2. The van der Waals surface area contributed by atoms with Gasteiger partial charge < -0.3 is 19.5 Å². The number of carbonyl (C=O) groups is 2. The maximum Gasteiger partial charge on any atom is 0.318 e. The smallest absolute Gasteiger partial charge is 0.318 e. The zero-order valence-corrected chi connectivity index (χ0v) is 15.3. The summed E-state index contributed by atoms with van der Waals surface area (Å²) in [6.07, 6.45) is 2.23. The van der Waals surface area contributed by atoms with Crippen LogP contribution in [0, 0.1) is 6.92 Å². The average Bonchev–Trinajstić information content (AvgIpc) is 3.10. The van der Waals surface area contributed by atoms with Crippen molar-refractivity contribution in [3.63, 3.8) is 0 Å². The molecule has 0 aliphatic carbocycles. The lowest BCUT2D eigenvalue weighted by Gasteiger charge is -2.37. The summed E-state index contributed by atoms with van der Waals surface area (Å²) in [5.74, 6) is -0.296. The number of amides is 2. The number of aryl methyl sites for hydroxylation is 1. The molecule has 2 amide bonds. The fourth-order valence-electron chi connectivity index (χ4n) is 3.31. The first kappa shape index (κ1) is 18.0. The van der Waals surface area contributed by atoms with Crippen molar-refractivity contribution >= 4 is 12.0 Å². The molecule has 6 nitrogen and oxygen atoms in total. The second-order valence-electron chi connectivity index (χ2n) is 6.42. The number of fused-ring (bicyclic) bond motifs is 1. The Morgan fingerprint density at radius 3 is 2.69 bits per heavy atom. The normalized spacial score (nSPS) is 16.1.